The lowest BCUT2D eigenvalue weighted by Crippen LogP contribution is -2.38. The highest BCUT2D eigenvalue weighted by Crippen LogP contribution is 2.29. The molecule has 1 aromatic carbocycles. The predicted octanol–water partition coefficient (Wildman–Crippen LogP) is 2.15. The lowest BCUT2D eigenvalue weighted by atomic mass is 10.1. The molecule has 1 aliphatic heterocycles. The Balaban J connectivity index is 2.27. The summed E-state index contributed by atoms with van der Waals surface area (Å²) in [5, 5.41) is 8.12. The van der Waals surface area contributed by atoms with E-state index in [-0.39, 0.29) is 5.84 Å². The molecule has 0 spiro atoms. The second kappa shape index (κ2) is 5.80. The zero-order valence-corrected chi connectivity index (χ0v) is 12.2. The van der Waals surface area contributed by atoms with Crippen LogP contribution >= 0.6 is 11.6 Å². The number of hydrogen-bond acceptors (Lipinski definition) is 3. The summed E-state index contributed by atoms with van der Waals surface area (Å²) >= 11 is 6.35. The minimum absolute atomic E-state index is 0.0529. The molecule has 1 aromatic rings. The predicted molar refractivity (Wildman–Crippen MR) is 81.4 cm³/mol. The summed E-state index contributed by atoms with van der Waals surface area (Å²) in [6, 6.07) is 6.04. The Kier molecular flexibility index (Phi) is 4.32. The maximum atomic E-state index is 7.45. The summed E-state index contributed by atoms with van der Waals surface area (Å²) in [5.41, 5.74) is 7.20. The van der Waals surface area contributed by atoms with E-state index in [9.17, 15) is 0 Å². The number of halogens is 1. The molecule has 5 heteroatoms. The van der Waals surface area contributed by atoms with Crippen molar-refractivity contribution >= 4 is 23.1 Å². The van der Waals surface area contributed by atoms with Crippen LogP contribution in [-0.2, 0) is 0 Å². The highest BCUT2D eigenvalue weighted by Gasteiger charge is 2.21. The molecule has 0 amide bonds. The van der Waals surface area contributed by atoms with E-state index in [2.05, 4.69) is 23.8 Å². The van der Waals surface area contributed by atoms with Gasteiger partial charge in [-0.2, -0.15) is 0 Å². The summed E-state index contributed by atoms with van der Waals surface area (Å²) in [6.45, 7) is 5.37. The van der Waals surface area contributed by atoms with Crippen LogP contribution < -0.4 is 10.6 Å². The Labute approximate surface area is 119 Å². The second-order valence-corrected chi connectivity index (χ2v) is 5.65. The number of anilines is 1. The molecule has 1 atom stereocenters. The van der Waals surface area contributed by atoms with E-state index < -0.39 is 0 Å². The lowest BCUT2D eigenvalue weighted by molar-refractivity contribution is 0.337. The smallest absolute Gasteiger partial charge is 0.122 e. The molecule has 19 heavy (non-hydrogen) atoms. The molecule has 0 bridgehead atoms. The van der Waals surface area contributed by atoms with Crippen LogP contribution in [0.15, 0.2) is 18.2 Å². The van der Waals surface area contributed by atoms with Crippen molar-refractivity contribution in [2.24, 2.45) is 5.73 Å². The molecule has 104 valence electrons. The van der Waals surface area contributed by atoms with Crippen LogP contribution in [0.5, 0.6) is 0 Å². The van der Waals surface area contributed by atoms with E-state index in [1.54, 1.807) is 6.07 Å². The van der Waals surface area contributed by atoms with Crippen LogP contribution in [0.3, 0.4) is 0 Å². The fourth-order valence-corrected chi connectivity index (χ4v) is 2.93. The second-order valence-electron chi connectivity index (χ2n) is 5.24. The van der Waals surface area contributed by atoms with Gasteiger partial charge in [0.05, 0.1) is 10.7 Å². The minimum atomic E-state index is 0.0529. The molecule has 4 nitrogen and oxygen atoms in total. The number of nitrogens with two attached hydrogens (primary N) is 1. The number of nitrogens with zero attached hydrogens (tertiary/aromatic N) is 2. The first-order valence-corrected chi connectivity index (χ1v) is 6.96. The highest BCUT2D eigenvalue weighted by molar-refractivity contribution is 6.33. The Morgan fingerprint density at radius 1 is 1.42 bits per heavy atom. The molecule has 0 radical (unpaired) electrons. The molecule has 1 aliphatic rings. The van der Waals surface area contributed by atoms with Crippen LogP contribution in [0.25, 0.3) is 0 Å². The fraction of sp³-hybridized carbons (Fsp3) is 0.500. The number of nitrogen functional groups attached to an aromatic ring is 1. The van der Waals surface area contributed by atoms with Crippen LogP contribution in [-0.4, -0.2) is 43.5 Å². The van der Waals surface area contributed by atoms with Crippen LogP contribution in [0.4, 0.5) is 5.69 Å². The Bertz CT molecular complexity index is 475. The van der Waals surface area contributed by atoms with Crippen LogP contribution in [0, 0.1) is 5.41 Å². The molecule has 1 unspecified atom stereocenters. The van der Waals surface area contributed by atoms with Crippen LogP contribution in [0.1, 0.15) is 18.9 Å². The maximum absolute atomic E-state index is 7.45. The Morgan fingerprint density at radius 3 is 2.79 bits per heavy atom. The van der Waals surface area contributed by atoms with Crippen molar-refractivity contribution in [2.45, 2.75) is 19.4 Å². The zero-order valence-electron chi connectivity index (χ0n) is 11.5. The number of benzene rings is 1. The van der Waals surface area contributed by atoms with E-state index in [0.29, 0.717) is 16.6 Å². The van der Waals surface area contributed by atoms with Gasteiger partial charge < -0.3 is 15.5 Å². The van der Waals surface area contributed by atoms with E-state index in [1.807, 2.05) is 12.1 Å². The first kappa shape index (κ1) is 14.2. The topological polar surface area (TPSA) is 56.4 Å². The van der Waals surface area contributed by atoms with Crippen molar-refractivity contribution in [3.05, 3.63) is 28.8 Å². The maximum Gasteiger partial charge on any atom is 0.122 e. The SMILES string of the molecule is CC1CN(C)CCCN1c1ccc(C(=N)N)cc1Cl. The van der Waals surface area contributed by atoms with Crippen molar-refractivity contribution in [1.82, 2.24) is 4.90 Å². The van der Waals surface area contributed by atoms with Crippen molar-refractivity contribution in [3.8, 4) is 0 Å². The van der Waals surface area contributed by atoms with Gasteiger partial charge in [-0.3, -0.25) is 5.41 Å². The number of amidine groups is 1. The monoisotopic (exact) mass is 280 g/mol. The Hall–Kier alpha value is -1.26. The molecule has 0 aliphatic carbocycles. The molecular formula is C14H21ClN4. The molecule has 2 rings (SSSR count). The highest BCUT2D eigenvalue weighted by atomic mass is 35.5. The normalized spacial score (nSPS) is 21.2. The molecule has 0 aromatic heterocycles. The summed E-state index contributed by atoms with van der Waals surface area (Å²) in [7, 11) is 2.15. The van der Waals surface area contributed by atoms with Gasteiger partial charge in [-0.05, 0) is 45.1 Å². The van der Waals surface area contributed by atoms with Crippen molar-refractivity contribution in [1.29, 1.82) is 5.41 Å². The van der Waals surface area contributed by atoms with Crippen molar-refractivity contribution in [3.63, 3.8) is 0 Å². The van der Waals surface area contributed by atoms with Crippen LogP contribution in [0.2, 0.25) is 5.02 Å². The molecule has 3 N–H and O–H groups in total. The largest absolute Gasteiger partial charge is 0.384 e. The standard InChI is InChI=1S/C14H21ClN4/c1-10-9-18(2)6-3-7-19(10)13-5-4-11(14(16)17)8-12(13)15/h4-5,8,10H,3,6-7,9H2,1-2H3,(H3,16,17). The fourth-order valence-electron chi connectivity index (χ4n) is 2.64. The third-order valence-corrected chi connectivity index (χ3v) is 3.92. The van der Waals surface area contributed by atoms with E-state index in [4.69, 9.17) is 22.7 Å². The van der Waals surface area contributed by atoms with Gasteiger partial charge in [0, 0.05) is 24.7 Å². The lowest BCUT2D eigenvalue weighted by Gasteiger charge is -2.31. The molecule has 1 heterocycles. The first-order chi connectivity index (χ1) is 8.99. The van der Waals surface area contributed by atoms with Gasteiger partial charge in [-0.1, -0.05) is 11.6 Å². The summed E-state index contributed by atoms with van der Waals surface area (Å²) in [4.78, 5) is 4.69. The van der Waals surface area contributed by atoms with Gasteiger partial charge in [0.1, 0.15) is 5.84 Å². The van der Waals surface area contributed by atoms with Gasteiger partial charge in [0.2, 0.25) is 0 Å². The summed E-state index contributed by atoms with van der Waals surface area (Å²) in [6.07, 6.45) is 1.13. The molecule has 0 saturated carbocycles. The average molecular weight is 281 g/mol. The zero-order chi connectivity index (χ0) is 14.0. The quantitative estimate of drug-likeness (QED) is 0.645. The first-order valence-electron chi connectivity index (χ1n) is 6.58. The van der Waals surface area contributed by atoms with Gasteiger partial charge in [-0.15, -0.1) is 0 Å². The number of likely N-dealkylation sites (N-methyl/N-ethyl adjacent to an activating group) is 1. The van der Waals surface area contributed by atoms with E-state index >= 15 is 0 Å². The van der Waals surface area contributed by atoms with Gasteiger partial charge in [0.15, 0.2) is 0 Å². The van der Waals surface area contributed by atoms with Crippen molar-refractivity contribution in [2.75, 3.05) is 31.6 Å². The Morgan fingerprint density at radius 2 is 2.16 bits per heavy atom. The van der Waals surface area contributed by atoms with Gasteiger partial charge in [0.25, 0.3) is 0 Å². The van der Waals surface area contributed by atoms with Crippen molar-refractivity contribution < 1.29 is 0 Å². The molecular weight excluding hydrogens is 260 g/mol. The van der Waals surface area contributed by atoms with Gasteiger partial charge >= 0.3 is 0 Å². The number of hydrogen-bond donors (Lipinski definition) is 2. The minimum Gasteiger partial charge on any atom is -0.384 e. The summed E-state index contributed by atoms with van der Waals surface area (Å²) < 4.78 is 0. The van der Waals surface area contributed by atoms with E-state index in [0.717, 1.165) is 31.7 Å². The third kappa shape index (κ3) is 3.19. The average Bonchev–Trinajstić information content (AvgIpc) is 2.50. The molecule has 1 fully saturated rings. The third-order valence-electron chi connectivity index (χ3n) is 3.61. The summed E-state index contributed by atoms with van der Waals surface area (Å²) in [5.74, 6) is 0.0529. The molecule has 1 saturated heterocycles. The van der Waals surface area contributed by atoms with E-state index in [1.165, 1.54) is 0 Å². The van der Waals surface area contributed by atoms with Gasteiger partial charge in [-0.25, -0.2) is 0 Å². The number of nitrogens with one attached hydrogen (secondary N) is 1. The number of rotatable bonds is 2.